The van der Waals surface area contributed by atoms with E-state index < -0.39 is 0 Å². The van der Waals surface area contributed by atoms with Crippen molar-refractivity contribution in [2.45, 2.75) is 0 Å². The number of para-hydroxylation sites is 3. The van der Waals surface area contributed by atoms with E-state index in [9.17, 15) is 0 Å². The van der Waals surface area contributed by atoms with Crippen LogP contribution in [0.1, 0.15) is 0 Å². The fourth-order valence-corrected chi connectivity index (χ4v) is 23.3. The smallest absolute Gasteiger partial charge is 0.238 e. The lowest BCUT2D eigenvalue weighted by atomic mass is 10.0. The molecule has 576 valence electrons. The van der Waals surface area contributed by atoms with Crippen LogP contribution in [0.15, 0.2) is 361 Å². The second-order valence-corrected chi connectivity index (χ2v) is 35.0. The number of hydrogen-bond acceptors (Lipinski definition) is 16. The van der Waals surface area contributed by atoms with Gasteiger partial charge in [-0.3, -0.25) is 13.7 Å². The van der Waals surface area contributed by atoms with E-state index in [4.69, 9.17) is 54.3 Å². The van der Waals surface area contributed by atoms with Gasteiger partial charge in [0.2, 0.25) is 17.8 Å². The van der Waals surface area contributed by atoms with Crippen molar-refractivity contribution < 1.29 is 4.42 Å². The van der Waals surface area contributed by atoms with E-state index in [0.29, 0.717) is 52.8 Å². The number of benzene rings is 15. The van der Waals surface area contributed by atoms with Gasteiger partial charge in [-0.15, -0.1) is 56.7 Å². The zero-order valence-electron chi connectivity index (χ0n) is 64.8. The molecule has 0 radical (unpaired) electrons. The molecule has 123 heavy (non-hydrogen) atoms. The number of aromatic nitrogens is 13. The Hall–Kier alpha value is -15.2. The highest BCUT2D eigenvalue weighted by Crippen LogP contribution is 2.53. The van der Waals surface area contributed by atoms with Crippen molar-refractivity contribution in [3.05, 3.63) is 357 Å². The predicted molar refractivity (Wildman–Crippen MR) is 512 cm³/mol. The van der Waals surface area contributed by atoms with Crippen molar-refractivity contribution in [1.82, 2.24) is 63.5 Å². The van der Waals surface area contributed by atoms with Crippen LogP contribution in [-0.2, 0) is 0 Å². The molecule has 0 N–H and O–H groups in total. The average Bonchev–Trinajstić information content (AvgIpc) is 1.55. The molecule has 0 saturated carbocycles. The maximum Gasteiger partial charge on any atom is 0.238 e. The average molecular weight is 1670 g/mol. The van der Waals surface area contributed by atoms with Crippen molar-refractivity contribution in [2.75, 3.05) is 0 Å². The number of nitrogens with zero attached hydrogens (tertiary/aromatic N) is 13. The maximum atomic E-state index is 6.18. The fraction of sp³-hybridized carbons (Fsp3) is 0. The SMILES string of the molecule is c1ccc(-c2nc(-c3ccccc3)nc(-n3c4ccccc4c4c5ccoc5c5c6ccccc6sc5c43)n2)cc1.c1ccc(-c2nc(-c3ccccc3)nc(-n3c4ccccc4c4c5sccc5c5c6ccccc6sc5c43)n2)cc1.c1ccc(-c2nc(-c3ccccc3)nc(-n3c4ccccc4c4c5scnc5c5c6ccccc6sc5c43)n2)cc1. The molecule has 15 aromatic carbocycles. The van der Waals surface area contributed by atoms with Crippen LogP contribution in [0.2, 0.25) is 0 Å². The highest BCUT2D eigenvalue weighted by Gasteiger charge is 2.30. The minimum Gasteiger partial charge on any atom is -0.464 e. The molecular weight excluding hydrogens is 1610 g/mol. The minimum atomic E-state index is 0.588. The number of hydrogen-bond donors (Lipinski definition) is 0. The van der Waals surface area contributed by atoms with E-state index in [0.717, 1.165) is 104 Å². The van der Waals surface area contributed by atoms with Gasteiger partial charge in [0.1, 0.15) is 5.58 Å². The van der Waals surface area contributed by atoms with Crippen molar-refractivity contribution in [3.8, 4) is 86.2 Å². The Bertz CT molecular complexity index is 7910. The molecule has 27 rings (SSSR count). The highest BCUT2D eigenvalue weighted by atomic mass is 32.1. The van der Waals surface area contributed by atoms with Gasteiger partial charge >= 0.3 is 0 Å². The summed E-state index contributed by atoms with van der Waals surface area (Å²) in [6.45, 7) is 0. The first-order valence-electron chi connectivity index (χ1n) is 40.2. The van der Waals surface area contributed by atoms with E-state index in [1.54, 1.807) is 40.3 Å². The third-order valence-corrected chi connectivity index (χ3v) is 28.4. The lowest BCUT2D eigenvalue weighted by molar-refractivity contribution is 0.619. The van der Waals surface area contributed by atoms with Crippen LogP contribution in [0.25, 0.3) is 243 Å². The summed E-state index contributed by atoms with van der Waals surface area (Å²) in [5, 5.41) is 19.1. The summed E-state index contributed by atoms with van der Waals surface area (Å²) in [6, 6.07) is 117. The molecule has 0 fully saturated rings. The number of rotatable bonds is 9. The van der Waals surface area contributed by atoms with E-state index in [-0.39, 0.29) is 0 Å². The molecule has 27 aromatic rings. The monoisotopic (exact) mass is 1670 g/mol. The van der Waals surface area contributed by atoms with Crippen molar-refractivity contribution in [1.29, 1.82) is 0 Å². The van der Waals surface area contributed by atoms with E-state index >= 15 is 0 Å². The van der Waals surface area contributed by atoms with Crippen LogP contribution in [0.5, 0.6) is 0 Å². The van der Waals surface area contributed by atoms with Crippen molar-refractivity contribution >= 4 is 214 Å². The van der Waals surface area contributed by atoms with Gasteiger partial charge < -0.3 is 4.42 Å². The van der Waals surface area contributed by atoms with Gasteiger partial charge in [0.25, 0.3) is 0 Å². The summed E-state index contributed by atoms with van der Waals surface area (Å²) in [5.41, 5.74) is 16.2. The first-order chi connectivity index (χ1) is 61.0. The van der Waals surface area contributed by atoms with Crippen LogP contribution < -0.4 is 0 Å². The normalized spacial score (nSPS) is 11.9. The molecule has 0 atom stereocenters. The first kappa shape index (κ1) is 70.8. The van der Waals surface area contributed by atoms with Gasteiger partial charge in [-0.2, -0.15) is 29.9 Å². The Balaban J connectivity index is 0.000000101. The zero-order valence-corrected chi connectivity index (χ0v) is 68.9. The Morgan fingerprint density at radius 1 is 0.228 bits per heavy atom. The molecule has 0 amide bonds. The van der Waals surface area contributed by atoms with E-state index in [1.807, 2.05) is 186 Å². The fourth-order valence-electron chi connectivity index (χ4n) is 17.8. The Labute approximate surface area is 719 Å². The lowest BCUT2D eigenvalue weighted by Gasteiger charge is -2.11. The predicted octanol–water partition coefficient (Wildman–Crippen LogP) is 28.6. The zero-order chi connectivity index (χ0) is 80.7. The van der Waals surface area contributed by atoms with Crippen LogP contribution in [0.4, 0.5) is 0 Å². The van der Waals surface area contributed by atoms with Gasteiger partial charge in [0.05, 0.1) is 69.2 Å². The second kappa shape index (κ2) is 28.8. The summed E-state index contributed by atoms with van der Waals surface area (Å²) in [7, 11) is 0. The number of fused-ring (bicyclic) bond motifs is 30. The van der Waals surface area contributed by atoms with Crippen molar-refractivity contribution in [3.63, 3.8) is 0 Å². The molecule has 0 aliphatic carbocycles. The van der Waals surface area contributed by atoms with Crippen LogP contribution in [0, 0.1) is 0 Å². The highest BCUT2D eigenvalue weighted by molar-refractivity contribution is 7.28. The third-order valence-electron chi connectivity index (χ3n) is 23.1. The molecule has 12 aromatic heterocycles. The summed E-state index contributed by atoms with van der Waals surface area (Å²) in [5.74, 6) is 5.69. The second-order valence-electron chi connectivity index (χ2n) is 30.0. The molecule has 0 aliphatic rings. The number of furan rings is 1. The molecular formula is C104H59N13OS5. The standard InChI is InChI=1S/C35H20N4OS.C35H20N4S2.C34H19N5S2/c1-3-11-21(12-4-1)33-36-34(22-13-5-2-6-14-22)38-35(37-33)39-26-17-9-7-15-23(26)28-25-19-20-40-31(25)29-24-16-8-10-18-27(24)41-32(29)30(28)39;1-3-11-21(12-4-1)33-36-34(22-13-5-2-6-14-22)38-35(37-33)39-26-17-9-7-15-23(26)29-30(39)32-28(25-19-20-40-31(25)29)24-16-8-10-18-27(24)41-32;1-3-11-20(12-4-1)32-36-33(21-13-5-2-6-14-21)38-34(37-32)39-24-17-9-7-15-22(24)27-29(39)31-26(28-30(27)40-19-35-28)23-16-8-10-18-25(23)41-31/h2*1-20H;1-19H. The van der Waals surface area contributed by atoms with E-state index in [2.05, 4.69) is 201 Å². The molecule has 14 nitrogen and oxygen atoms in total. The van der Waals surface area contributed by atoms with E-state index in [1.165, 1.54) is 86.8 Å². The Morgan fingerprint density at radius 2 is 0.545 bits per heavy atom. The molecule has 19 heteroatoms. The summed E-state index contributed by atoms with van der Waals surface area (Å²) >= 11 is 8.94. The molecule has 0 aliphatic heterocycles. The number of thiophene rings is 4. The largest absolute Gasteiger partial charge is 0.464 e. The molecule has 0 spiro atoms. The van der Waals surface area contributed by atoms with Gasteiger partial charge in [0.15, 0.2) is 34.9 Å². The summed E-state index contributed by atoms with van der Waals surface area (Å²) in [6.07, 6.45) is 1.80. The minimum absolute atomic E-state index is 0.588. The molecule has 0 bridgehead atoms. The third kappa shape index (κ3) is 11.4. The maximum absolute atomic E-state index is 6.18. The van der Waals surface area contributed by atoms with Gasteiger partial charge in [-0.1, -0.05) is 291 Å². The lowest BCUT2D eigenvalue weighted by Crippen LogP contribution is -2.06. The quantitative estimate of drug-likeness (QED) is 0.135. The van der Waals surface area contributed by atoms with Crippen LogP contribution in [0.3, 0.4) is 0 Å². The van der Waals surface area contributed by atoms with Crippen molar-refractivity contribution in [2.24, 2.45) is 0 Å². The summed E-state index contributed by atoms with van der Waals surface area (Å²) in [4.78, 5) is 50.5. The first-order valence-corrected chi connectivity index (χ1v) is 44.4. The van der Waals surface area contributed by atoms with Gasteiger partial charge in [-0.25, -0.2) is 19.9 Å². The Morgan fingerprint density at radius 3 is 0.951 bits per heavy atom. The van der Waals surface area contributed by atoms with Gasteiger partial charge in [0, 0.05) is 128 Å². The molecule has 0 saturated heterocycles. The molecule has 0 unspecified atom stereocenters. The van der Waals surface area contributed by atoms with Gasteiger partial charge in [-0.05, 0) is 53.9 Å². The van der Waals surface area contributed by atoms with Crippen LogP contribution in [-0.4, -0.2) is 63.5 Å². The number of thiazole rings is 1. The summed E-state index contributed by atoms with van der Waals surface area (Å²) < 4.78 is 22.7. The topological polar surface area (TPSA) is 157 Å². The Kier molecular flexibility index (Phi) is 16.6. The molecule has 12 heterocycles. The van der Waals surface area contributed by atoms with Crippen LogP contribution >= 0.6 is 56.7 Å².